The van der Waals surface area contributed by atoms with Crippen molar-refractivity contribution in [3.8, 4) is 5.75 Å². The lowest BCUT2D eigenvalue weighted by molar-refractivity contribution is 0.405. The molecule has 0 atom stereocenters. The summed E-state index contributed by atoms with van der Waals surface area (Å²) in [5.74, 6) is 0.796. The number of hydrogen-bond donors (Lipinski definition) is 0. The number of rotatable bonds is 4. The number of ether oxygens (including phenoxy) is 1. The molecule has 0 bridgehead atoms. The SMILES string of the molecule is COc1cc(Cc2cnc(Cl)nc2Cl)c2cccnc2c1SC. The molecule has 4 nitrogen and oxygen atoms in total. The van der Waals surface area contributed by atoms with Crippen LogP contribution in [0.5, 0.6) is 5.75 Å². The Morgan fingerprint density at radius 2 is 2.04 bits per heavy atom. The molecular formula is C16H13Cl2N3OS. The summed E-state index contributed by atoms with van der Waals surface area (Å²) in [7, 11) is 1.66. The quantitative estimate of drug-likeness (QED) is 0.382. The molecule has 3 rings (SSSR count). The zero-order chi connectivity index (χ0) is 16.4. The Morgan fingerprint density at radius 1 is 1.22 bits per heavy atom. The molecule has 0 aliphatic carbocycles. The van der Waals surface area contributed by atoms with Crippen molar-refractivity contribution in [2.45, 2.75) is 11.3 Å². The predicted octanol–water partition coefficient (Wildman–Crippen LogP) is 4.65. The van der Waals surface area contributed by atoms with Gasteiger partial charge in [0.25, 0.3) is 0 Å². The highest BCUT2D eigenvalue weighted by Crippen LogP contribution is 2.37. The topological polar surface area (TPSA) is 47.9 Å². The van der Waals surface area contributed by atoms with Gasteiger partial charge < -0.3 is 4.74 Å². The van der Waals surface area contributed by atoms with E-state index in [-0.39, 0.29) is 5.28 Å². The lowest BCUT2D eigenvalue weighted by atomic mass is 10.0. The van der Waals surface area contributed by atoms with E-state index < -0.39 is 0 Å². The van der Waals surface area contributed by atoms with Crippen LogP contribution in [-0.4, -0.2) is 28.3 Å². The van der Waals surface area contributed by atoms with Gasteiger partial charge in [-0.1, -0.05) is 17.7 Å². The maximum Gasteiger partial charge on any atom is 0.223 e. The molecule has 1 aromatic carbocycles. The van der Waals surface area contributed by atoms with Crippen LogP contribution in [0.15, 0.2) is 35.5 Å². The van der Waals surface area contributed by atoms with Crippen molar-refractivity contribution in [3.05, 3.63) is 52.2 Å². The molecule has 3 aromatic rings. The number of nitrogens with zero attached hydrogens (tertiary/aromatic N) is 3. The smallest absolute Gasteiger partial charge is 0.223 e. The van der Waals surface area contributed by atoms with Crippen molar-refractivity contribution < 1.29 is 4.74 Å². The number of fused-ring (bicyclic) bond motifs is 1. The van der Waals surface area contributed by atoms with Crippen LogP contribution in [0, 0.1) is 0 Å². The van der Waals surface area contributed by atoms with Gasteiger partial charge in [-0.25, -0.2) is 9.97 Å². The summed E-state index contributed by atoms with van der Waals surface area (Å²) in [5.41, 5.74) is 2.77. The summed E-state index contributed by atoms with van der Waals surface area (Å²) in [4.78, 5) is 13.5. The second-order valence-electron chi connectivity index (χ2n) is 4.80. The maximum atomic E-state index is 6.18. The third kappa shape index (κ3) is 3.22. The fourth-order valence-electron chi connectivity index (χ4n) is 2.45. The summed E-state index contributed by atoms with van der Waals surface area (Å²) < 4.78 is 5.53. The van der Waals surface area contributed by atoms with Crippen LogP contribution in [0.25, 0.3) is 10.9 Å². The molecule has 0 radical (unpaired) electrons. The highest BCUT2D eigenvalue weighted by atomic mass is 35.5. The molecule has 0 saturated carbocycles. The molecule has 0 aliphatic heterocycles. The van der Waals surface area contributed by atoms with Gasteiger partial charge in [-0.15, -0.1) is 11.8 Å². The van der Waals surface area contributed by atoms with Crippen LogP contribution in [-0.2, 0) is 6.42 Å². The minimum absolute atomic E-state index is 0.139. The second-order valence-corrected chi connectivity index (χ2v) is 6.32. The first-order valence-electron chi connectivity index (χ1n) is 6.79. The van der Waals surface area contributed by atoms with Crippen molar-refractivity contribution >= 4 is 45.9 Å². The number of thioether (sulfide) groups is 1. The molecule has 2 heterocycles. The lowest BCUT2D eigenvalue weighted by Crippen LogP contribution is -1.98. The first-order valence-corrected chi connectivity index (χ1v) is 8.77. The zero-order valence-corrected chi connectivity index (χ0v) is 14.8. The van der Waals surface area contributed by atoms with Crippen molar-refractivity contribution in [3.63, 3.8) is 0 Å². The normalized spacial score (nSPS) is 11.0. The monoisotopic (exact) mass is 365 g/mol. The summed E-state index contributed by atoms with van der Waals surface area (Å²) in [6.07, 6.45) is 6.01. The van der Waals surface area contributed by atoms with Gasteiger partial charge in [0.15, 0.2) is 0 Å². The minimum Gasteiger partial charge on any atom is -0.495 e. The van der Waals surface area contributed by atoms with E-state index in [1.165, 1.54) is 0 Å². The molecule has 2 aromatic heterocycles. The number of hydrogen-bond acceptors (Lipinski definition) is 5. The van der Waals surface area contributed by atoms with Gasteiger partial charge in [0.2, 0.25) is 5.28 Å². The Hall–Kier alpha value is -1.56. The Labute approximate surface area is 148 Å². The van der Waals surface area contributed by atoms with E-state index in [4.69, 9.17) is 27.9 Å². The number of benzene rings is 1. The van der Waals surface area contributed by atoms with Gasteiger partial charge in [-0.3, -0.25) is 4.98 Å². The molecule has 0 N–H and O–H groups in total. The van der Waals surface area contributed by atoms with Crippen LogP contribution in [0.1, 0.15) is 11.1 Å². The van der Waals surface area contributed by atoms with E-state index in [2.05, 4.69) is 15.0 Å². The number of halogens is 2. The summed E-state index contributed by atoms with van der Waals surface area (Å²) in [6, 6.07) is 5.98. The predicted molar refractivity (Wildman–Crippen MR) is 94.9 cm³/mol. The highest BCUT2D eigenvalue weighted by Gasteiger charge is 2.15. The minimum atomic E-state index is 0.139. The van der Waals surface area contributed by atoms with Crippen LogP contribution >= 0.6 is 35.0 Å². The lowest BCUT2D eigenvalue weighted by Gasteiger charge is -2.14. The Balaban J connectivity index is 2.17. The summed E-state index contributed by atoms with van der Waals surface area (Å²) >= 11 is 13.6. The molecule has 118 valence electrons. The van der Waals surface area contributed by atoms with E-state index in [1.54, 1.807) is 31.3 Å². The van der Waals surface area contributed by atoms with Crippen LogP contribution in [0.4, 0.5) is 0 Å². The number of aromatic nitrogens is 3. The number of pyridine rings is 1. The van der Waals surface area contributed by atoms with Gasteiger partial charge in [-0.05, 0) is 35.6 Å². The van der Waals surface area contributed by atoms with Crippen molar-refractivity contribution in [2.75, 3.05) is 13.4 Å². The molecule has 0 saturated heterocycles. The fourth-order valence-corrected chi connectivity index (χ4v) is 3.52. The Kier molecular flexibility index (Phi) is 4.90. The maximum absolute atomic E-state index is 6.18. The molecule has 0 spiro atoms. The standard InChI is InChI=1S/C16H13Cl2N3OS/c1-22-12-7-9(6-10-8-20-16(18)21-15(10)17)11-4-3-5-19-13(11)14(12)23-2/h3-5,7-8H,6H2,1-2H3. The van der Waals surface area contributed by atoms with Crippen LogP contribution in [0.3, 0.4) is 0 Å². The third-order valence-electron chi connectivity index (χ3n) is 3.49. The van der Waals surface area contributed by atoms with E-state index in [0.29, 0.717) is 11.6 Å². The largest absolute Gasteiger partial charge is 0.495 e. The second kappa shape index (κ2) is 6.91. The first kappa shape index (κ1) is 16.3. The fraction of sp³-hybridized carbons (Fsp3) is 0.188. The average molecular weight is 366 g/mol. The van der Waals surface area contributed by atoms with Crippen molar-refractivity contribution in [2.24, 2.45) is 0 Å². The van der Waals surface area contributed by atoms with Gasteiger partial charge in [-0.2, -0.15) is 0 Å². The van der Waals surface area contributed by atoms with Gasteiger partial charge >= 0.3 is 0 Å². The Bertz CT molecular complexity index is 873. The van der Waals surface area contributed by atoms with Crippen LogP contribution in [0.2, 0.25) is 10.4 Å². The molecule has 23 heavy (non-hydrogen) atoms. The van der Waals surface area contributed by atoms with Crippen LogP contribution < -0.4 is 4.74 Å². The summed E-state index contributed by atoms with van der Waals surface area (Å²) in [6.45, 7) is 0. The van der Waals surface area contributed by atoms with Gasteiger partial charge in [0.05, 0.1) is 17.5 Å². The molecule has 0 fully saturated rings. The van der Waals surface area contributed by atoms with Crippen molar-refractivity contribution in [1.82, 2.24) is 15.0 Å². The van der Waals surface area contributed by atoms with Gasteiger partial charge in [0, 0.05) is 29.8 Å². The Morgan fingerprint density at radius 3 is 2.74 bits per heavy atom. The van der Waals surface area contributed by atoms with Gasteiger partial charge in [0.1, 0.15) is 10.9 Å². The third-order valence-corrected chi connectivity index (χ3v) is 4.80. The summed E-state index contributed by atoms with van der Waals surface area (Å²) in [5, 5.41) is 1.55. The van der Waals surface area contributed by atoms with E-state index >= 15 is 0 Å². The number of methoxy groups -OCH3 is 1. The van der Waals surface area contributed by atoms with E-state index in [9.17, 15) is 0 Å². The van der Waals surface area contributed by atoms with E-state index in [0.717, 1.165) is 32.7 Å². The molecule has 0 unspecified atom stereocenters. The molecule has 0 aliphatic rings. The average Bonchev–Trinajstić information content (AvgIpc) is 2.56. The molecule has 7 heteroatoms. The first-order chi connectivity index (χ1) is 11.1. The van der Waals surface area contributed by atoms with Crippen molar-refractivity contribution in [1.29, 1.82) is 0 Å². The highest BCUT2D eigenvalue weighted by molar-refractivity contribution is 7.99. The molecule has 0 amide bonds. The molecular weight excluding hydrogens is 353 g/mol. The van der Waals surface area contributed by atoms with E-state index in [1.807, 2.05) is 24.5 Å². The zero-order valence-electron chi connectivity index (χ0n) is 12.5.